The normalized spacial score (nSPS) is 26.1. The summed E-state index contributed by atoms with van der Waals surface area (Å²) >= 11 is 0. The van der Waals surface area contributed by atoms with Gasteiger partial charge in [0.1, 0.15) is 18.1 Å². The van der Waals surface area contributed by atoms with Crippen LogP contribution in [-0.2, 0) is 6.42 Å². The van der Waals surface area contributed by atoms with Crippen molar-refractivity contribution < 1.29 is 9.47 Å². The maximum absolute atomic E-state index is 5.78. The molecule has 0 aromatic heterocycles. The Hall–Kier alpha value is -1.71. The molecule has 0 fully saturated rings. The van der Waals surface area contributed by atoms with Gasteiger partial charge in [-0.25, -0.2) is 0 Å². The predicted molar refractivity (Wildman–Crippen MR) is 61.4 cm³/mol. The average molecular weight is 218 g/mol. The Kier molecular flexibility index (Phi) is 2.02. The van der Waals surface area contributed by atoms with Gasteiger partial charge in [0.05, 0.1) is 25.5 Å². The number of methoxy groups -OCH3 is 1. The Morgan fingerprint density at radius 3 is 3.19 bits per heavy atom. The van der Waals surface area contributed by atoms with E-state index in [-0.39, 0.29) is 5.54 Å². The van der Waals surface area contributed by atoms with E-state index in [2.05, 4.69) is 16.4 Å². The van der Waals surface area contributed by atoms with Gasteiger partial charge < -0.3 is 14.8 Å². The molecule has 3 rings (SSSR count). The van der Waals surface area contributed by atoms with Gasteiger partial charge in [-0.2, -0.15) is 0 Å². The number of nitrogens with one attached hydrogen (secondary N) is 1. The van der Waals surface area contributed by atoms with Gasteiger partial charge in [-0.15, -0.1) is 0 Å². The third-order valence-electron chi connectivity index (χ3n) is 3.16. The molecule has 0 saturated heterocycles. The SMILES string of the molecule is COc1ccc2c(c1)OCC1(CN=CN1)C2. The second-order valence-corrected chi connectivity index (χ2v) is 4.33. The Morgan fingerprint density at radius 2 is 2.44 bits per heavy atom. The van der Waals surface area contributed by atoms with Crippen molar-refractivity contribution in [3.05, 3.63) is 23.8 Å². The number of ether oxygens (including phenoxy) is 2. The van der Waals surface area contributed by atoms with E-state index in [0.29, 0.717) is 6.61 Å². The molecule has 1 spiro atoms. The van der Waals surface area contributed by atoms with E-state index in [9.17, 15) is 0 Å². The average Bonchev–Trinajstić information content (AvgIpc) is 2.77. The topological polar surface area (TPSA) is 42.9 Å². The first kappa shape index (κ1) is 9.51. The molecular formula is C12H14N2O2. The van der Waals surface area contributed by atoms with Gasteiger partial charge in [0.25, 0.3) is 0 Å². The Morgan fingerprint density at radius 1 is 1.50 bits per heavy atom. The molecule has 4 heteroatoms. The van der Waals surface area contributed by atoms with Gasteiger partial charge in [0.15, 0.2) is 0 Å². The quantitative estimate of drug-likeness (QED) is 0.764. The van der Waals surface area contributed by atoms with Crippen molar-refractivity contribution in [2.75, 3.05) is 20.3 Å². The highest BCUT2D eigenvalue weighted by Crippen LogP contribution is 2.33. The number of hydrogen-bond donors (Lipinski definition) is 1. The van der Waals surface area contributed by atoms with Crippen molar-refractivity contribution in [2.24, 2.45) is 4.99 Å². The zero-order valence-corrected chi connectivity index (χ0v) is 9.19. The van der Waals surface area contributed by atoms with E-state index in [4.69, 9.17) is 9.47 Å². The second kappa shape index (κ2) is 3.40. The Balaban J connectivity index is 1.89. The van der Waals surface area contributed by atoms with Crippen LogP contribution in [0.3, 0.4) is 0 Å². The van der Waals surface area contributed by atoms with Crippen LogP contribution in [0, 0.1) is 0 Å². The fourth-order valence-corrected chi connectivity index (χ4v) is 2.22. The van der Waals surface area contributed by atoms with Gasteiger partial charge in [-0.1, -0.05) is 6.07 Å². The lowest BCUT2D eigenvalue weighted by Gasteiger charge is -2.34. The molecule has 4 nitrogen and oxygen atoms in total. The third kappa shape index (κ3) is 1.41. The Bertz CT molecular complexity index is 435. The van der Waals surface area contributed by atoms with Crippen LogP contribution in [0.5, 0.6) is 11.5 Å². The van der Waals surface area contributed by atoms with Crippen LogP contribution in [0.2, 0.25) is 0 Å². The van der Waals surface area contributed by atoms with Crippen molar-refractivity contribution in [1.29, 1.82) is 0 Å². The lowest BCUT2D eigenvalue weighted by molar-refractivity contribution is 0.187. The van der Waals surface area contributed by atoms with Gasteiger partial charge in [0.2, 0.25) is 0 Å². The molecule has 1 atom stereocenters. The highest BCUT2D eigenvalue weighted by Gasteiger charge is 2.37. The van der Waals surface area contributed by atoms with Crippen LogP contribution in [0.1, 0.15) is 5.56 Å². The fourth-order valence-electron chi connectivity index (χ4n) is 2.22. The van der Waals surface area contributed by atoms with Crippen LogP contribution in [0.4, 0.5) is 0 Å². The number of nitrogens with zero attached hydrogens (tertiary/aromatic N) is 1. The molecular weight excluding hydrogens is 204 g/mol. The van der Waals surface area contributed by atoms with Gasteiger partial charge >= 0.3 is 0 Å². The van der Waals surface area contributed by atoms with E-state index >= 15 is 0 Å². The van der Waals surface area contributed by atoms with Crippen molar-refractivity contribution >= 4 is 6.34 Å². The van der Waals surface area contributed by atoms with E-state index in [1.165, 1.54) is 5.56 Å². The minimum atomic E-state index is -0.0262. The summed E-state index contributed by atoms with van der Waals surface area (Å²) < 4.78 is 11.0. The summed E-state index contributed by atoms with van der Waals surface area (Å²) in [6.07, 6.45) is 2.73. The van der Waals surface area contributed by atoms with E-state index < -0.39 is 0 Å². The summed E-state index contributed by atoms with van der Waals surface area (Å²) in [7, 11) is 1.67. The number of rotatable bonds is 1. The first-order chi connectivity index (χ1) is 7.81. The van der Waals surface area contributed by atoms with Crippen molar-refractivity contribution in [3.63, 3.8) is 0 Å². The van der Waals surface area contributed by atoms with Crippen molar-refractivity contribution in [1.82, 2.24) is 5.32 Å². The van der Waals surface area contributed by atoms with Crippen molar-refractivity contribution in [2.45, 2.75) is 12.0 Å². The van der Waals surface area contributed by atoms with Crippen LogP contribution < -0.4 is 14.8 Å². The van der Waals surface area contributed by atoms with Crippen LogP contribution in [0.25, 0.3) is 0 Å². The van der Waals surface area contributed by atoms with E-state index in [1.807, 2.05) is 12.1 Å². The molecule has 0 aliphatic carbocycles. The molecule has 0 amide bonds. The molecule has 1 aromatic rings. The highest BCUT2D eigenvalue weighted by molar-refractivity contribution is 5.60. The molecule has 2 heterocycles. The molecule has 1 unspecified atom stereocenters. The molecule has 16 heavy (non-hydrogen) atoms. The molecule has 84 valence electrons. The van der Waals surface area contributed by atoms with Gasteiger partial charge in [-0.05, 0) is 11.6 Å². The largest absolute Gasteiger partial charge is 0.497 e. The lowest BCUT2D eigenvalue weighted by Crippen LogP contribution is -2.52. The number of hydrogen-bond acceptors (Lipinski definition) is 4. The predicted octanol–water partition coefficient (Wildman–Crippen LogP) is 1.00. The smallest absolute Gasteiger partial charge is 0.126 e. The van der Waals surface area contributed by atoms with E-state index in [0.717, 1.165) is 24.5 Å². The zero-order valence-electron chi connectivity index (χ0n) is 9.19. The number of fused-ring (bicyclic) bond motifs is 1. The summed E-state index contributed by atoms with van der Waals surface area (Å²) in [4.78, 5) is 4.23. The van der Waals surface area contributed by atoms with Crippen LogP contribution in [0.15, 0.2) is 23.2 Å². The van der Waals surface area contributed by atoms with Crippen LogP contribution >= 0.6 is 0 Å². The number of benzene rings is 1. The maximum Gasteiger partial charge on any atom is 0.126 e. The molecule has 0 radical (unpaired) electrons. The van der Waals surface area contributed by atoms with E-state index in [1.54, 1.807) is 13.4 Å². The first-order valence-corrected chi connectivity index (χ1v) is 5.37. The molecule has 2 aliphatic heterocycles. The summed E-state index contributed by atoms with van der Waals surface area (Å²) in [5.74, 6) is 1.77. The summed E-state index contributed by atoms with van der Waals surface area (Å²) in [6, 6.07) is 5.98. The molecule has 2 aliphatic rings. The van der Waals surface area contributed by atoms with Crippen molar-refractivity contribution in [3.8, 4) is 11.5 Å². The lowest BCUT2D eigenvalue weighted by atomic mass is 9.89. The minimum absolute atomic E-state index is 0.0262. The van der Waals surface area contributed by atoms with Crippen LogP contribution in [-0.4, -0.2) is 32.1 Å². The number of aliphatic imine (C=N–C) groups is 1. The van der Waals surface area contributed by atoms with Gasteiger partial charge in [-0.3, -0.25) is 4.99 Å². The highest BCUT2D eigenvalue weighted by atomic mass is 16.5. The third-order valence-corrected chi connectivity index (χ3v) is 3.16. The molecule has 0 saturated carbocycles. The molecule has 1 aromatic carbocycles. The van der Waals surface area contributed by atoms with Gasteiger partial charge in [0, 0.05) is 12.5 Å². The first-order valence-electron chi connectivity index (χ1n) is 5.37. The summed E-state index contributed by atoms with van der Waals surface area (Å²) in [5, 5.41) is 3.29. The molecule has 1 N–H and O–H groups in total. The molecule has 0 bridgehead atoms. The minimum Gasteiger partial charge on any atom is -0.497 e. The zero-order chi connectivity index (χ0) is 11.0. The summed E-state index contributed by atoms with van der Waals surface area (Å²) in [5.41, 5.74) is 1.19. The standard InChI is InChI=1S/C12H14N2O2/c1-15-10-3-2-9-5-12(6-13-8-14-12)7-16-11(9)4-10/h2-4,8H,5-7H2,1H3,(H,13,14). The maximum atomic E-state index is 5.78. The fraction of sp³-hybridized carbons (Fsp3) is 0.417. The second-order valence-electron chi connectivity index (χ2n) is 4.33. The summed E-state index contributed by atoms with van der Waals surface area (Å²) in [6.45, 7) is 1.45. The monoisotopic (exact) mass is 218 g/mol. The Labute approximate surface area is 94.3 Å².